The Morgan fingerprint density at radius 3 is 2.70 bits per heavy atom. The van der Waals surface area contributed by atoms with Gasteiger partial charge < -0.3 is 25.0 Å². The number of nitrogens with one attached hydrogen (secondary N) is 2. The van der Waals surface area contributed by atoms with Crippen molar-refractivity contribution in [3.63, 3.8) is 0 Å². The number of hydrogen-bond donors (Lipinski definition) is 2. The normalized spacial score (nSPS) is 14.0. The van der Waals surface area contributed by atoms with Gasteiger partial charge in [0.2, 0.25) is 5.91 Å². The summed E-state index contributed by atoms with van der Waals surface area (Å²) in [4.78, 5) is 18.3. The van der Waals surface area contributed by atoms with Crippen molar-refractivity contribution in [2.75, 3.05) is 46.0 Å². The Hall–Kier alpha value is -1.39. The third kappa shape index (κ3) is 10.6. The number of hydrogen-bond acceptors (Lipinski definition) is 4. The van der Waals surface area contributed by atoms with Crippen LogP contribution in [-0.2, 0) is 27.4 Å². The van der Waals surface area contributed by atoms with Crippen LogP contribution in [0.3, 0.4) is 0 Å². The molecule has 1 aliphatic rings. The molecule has 1 saturated heterocycles. The fourth-order valence-electron chi connectivity index (χ4n) is 3.20. The van der Waals surface area contributed by atoms with Gasteiger partial charge in [-0.15, -0.1) is 24.0 Å². The Morgan fingerprint density at radius 1 is 1.17 bits per heavy atom. The maximum Gasteiger partial charge on any atom is 0.222 e. The molecule has 0 radical (unpaired) electrons. The number of rotatable bonds is 13. The molecule has 0 aromatic heterocycles. The number of amides is 1. The van der Waals surface area contributed by atoms with Crippen molar-refractivity contribution < 1.29 is 14.3 Å². The summed E-state index contributed by atoms with van der Waals surface area (Å²) in [6, 6.07) is 8.32. The van der Waals surface area contributed by atoms with E-state index in [1.54, 1.807) is 0 Å². The summed E-state index contributed by atoms with van der Waals surface area (Å²) < 4.78 is 10.9. The maximum absolute atomic E-state index is 11.7. The first-order valence-electron chi connectivity index (χ1n) is 10.8. The first kappa shape index (κ1) is 26.6. The molecule has 170 valence electrons. The van der Waals surface area contributed by atoms with E-state index in [4.69, 9.17) is 9.47 Å². The second kappa shape index (κ2) is 16.3. The molecule has 7 nitrogen and oxygen atoms in total. The van der Waals surface area contributed by atoms with E-state index in [0.29, 0.717) is 32.8 Å². The largest absolute Gasteiger partial charge is 0.379 e. The third-order valence-corrected chi connectivity index (χ3v) is 4.67. The zero-order valence-corrected chi connectivity index (χ0v) is 20.7. The molecule has 1 aliphatic heterocycles. The van der Waals surface area contributed by atoms with Crippen molar-refractivity contribution in [2.45, 2.75) is 46.3 Å². The van der Waals surface area contributed by atoms with E-state index in [9.17, 15) is 4.79 Å². The smallest absolute Gasteiger partial charge is 0.222 e. The second-order valence-electron chi connectivity index (χ2n) is 7.03. The van der Waals surface area contributed by atoms with Gasteiger partial charge in [0.15, 0.2) is 5.96 Å². The van der Waals surface area contributed by atoms with Crippen LogP contribution < -0.4 is 10.6 Å². The number of carbonyl (C=O) groups is 1. The van der Waals surface area contributed by atoms with E-state index in [2.05, 4.69) is 40.7 Å². The molecular formula is C22H37IN4O3. The summed E-state index contributed by atoms with van der Waals surface area (Å²) in [5.74, 6) is 1.09. The highest BCUT2D eigenvalue weighted by molar-refractivity contribution is 14.0. The quantitative estimate of drug-likeness (QED) is 0.177. The molecule has 2 N–H and O–H groups in total. The zero-order valence-electron chi connectivity index (χ0n) is 18.3. The van der Waals surface area contributed by atoms with Gasteiger partial charge >= 0.3 is 0 Å². The summed E-state index contributed by atoms with van der Waals surface area (Å²) in [5, 5.41) is 6.64. The minimum atomic E-state index is 0. The van der Waals surface area contributed by atoms with Crippen LogP contribution in [0.25, 0.3) is 0 Å². The van der Waals surface area contributed by atoms with Gasteiger partial charge in [-0.25, -0.2) is 4.99 Å². The molecule has 30 heavy (non-hydrogen) atoms. The zero-order chi connectivity index (χ0) is 20.7. The van der Waals surface area contributed by atoms with E-state index >= 15 is 0 Å². The molecular weight excluding hydrogens is 495 g/mol. The van der Waals surface area contributed by atoms with Gasteiger partial charge in [0.05, 0.1) is 26.4 Å². The van der Waals surface area contributed by atoms with Crippen LogP contribution in [0.5, 0.6) is 0 Å². The summed E-state index contributed by atoms with van der Waals surface area (Å²) in [5.41, 5.74) is 2.29. The molecule has 2 rings (SSSR count). The highest BCUT2D eigenvalue weighted by Crippen LogP contribution is 2.10. The molecule has 1 aromatic carbocycles. The topological polar surface area (TPSA) is 75.2 Å². The van der Waals surface area contributed by atoms with Crippen LogP contribution in [-0.4, -0.2) is 62.8 Å². The average molecular weight is 532 g/mol. The molecule has 0 saturated carbocycles. The number of carbonyl (C=O) groups excluding carboxylic acids is 1. The number of likely N-dealkylation sites (tertiary alicyclic amines) is 1. The van der Waals surface area contributed by atoms with Crippen LogP contribution in [0.4, 0.5) is 0 Å². The lowest BCUT2D eigenvalue weighted by molar-refractivity contribution is -0.127. The molecule has 1 heterocycles. The third-order valence-electron chi connectivity index (χ3n) is 4.67. The van der Waals surface area contributed by atoms with Gasteiger partial charge in [0, 0.05) is 39.2 Å². The SMILES string of the molecule is CCNC(=NCc1cccc(COCCOCC)c1)NCCCN1CCCC1=O.I. The van der Waals surface area contributed by atoms with E-state index in [1.165, 1.54) is 0 Å². The van der Waals surface area contributed by atoms with E-state index < -0.39 is 0 Å². The number of nitrogens with zero attached hydrogens (tertiary/aromatic N) is 2. The molecule has 0 atom stereocenters. The summed E-state index contributed by atoms with van der Waals surface area (Å²) in [7, 11) is 0. The lowest BCUT2D eigenvalue weighted by Gasteiger charge is -2.16. The molecule has 0 unspecified atom stereocenters. The number of aliphatic imine (C=N–C) groups is 1. The minimum Gasteiger partial charge on any atom is -0.379 e. The second-order valence-corrected chi connectivity index (χ2v) is 7.03. The van der Waals surface area contributed by atoms with Crippen molar-refractivity contribution in [3.05, 3.63) is 35.4 Å². The van der Waals surface area contributed by atoms with Gasteiger partial charge in [0.1, 0.15) is 0 Å². The van der Waals surface area contributed by atoms with Crippen molar-refractivity contribution in [1.29, 1.82) is 0 Å². The van der Waals surface area contributed by atoms with Crippen LogP contribution in [0.1, 0.15) is 44.2 Å². The Morgan fingerprint density at radius 2 is 1.97 bits per heavy atom. The Bertz CT molecular complexity index is 643. The van der Waals surface area contributed by atoms with E-state index in [0.717, 1.165) is 62.7 Å². The van der Waals surface area contributed by atoms with E-state index in [-0.39, 0.29) is 29.9 Å². The van der Waals surface area contributed by atoms with Crippen LogP contribution >= 0.6 is 24.0 Å². The molecule has 8 heteroatoms. The van der Waals surface area contributed by atoms with Gasteiger partial charge in [0.25, 0.3) is 0 Å². The van der Waals surface area contributed by atoms with Crippen molar-refractivity contribution in [3.8, 4) is 0 Å². The lowest BCUT2D eigenvalue weighted by Crippen LogP contribution is -2.39. The summed E-state index contributed by atoms with van der Waals surface area (Å²) in [6.45, 7) is 10.5. The standard InChI is InChI=1S/C22H36N4O3.HI/c1-3-23-22(24-11-7-13-26-12-6-10-21(26)27)25-17-19-8-5-9-20(16-19)18-29-15-14-28-4-2;/h5,8-9,16H,3-4,6-7,10-15,17-18H2,1-2H3,(H2,23,24,25);1H. The van der Waals surface area contributed by atoms with Gasteiger partial charge in [-0.05, 0) is 37.8 Å². The Kier molecular flexibility index (Phi) is 14.5. The van der Waals surface area contributed by atoms with Crippen LogP contribution in [0.2, 0.25) is 0 Å². The lowest BCUT2D eigenvalue weighted by atomic mass is 10.1. The summed E-state index contributed by atoms with van der Waals surface area (Å²) in [6.07, 6.45) is 2.62. The van der Waals surface area contributed by atoms with Gasteiger partial charge in [-0.3, -0.25) is 4.79 Å². The Balaban J connectivity index is 0.00000450. The fraction of sp³-hybridized carbons (Fsp3) is 0.636. The molecule has 0 aliphatic carbocycles. The minimum absolute atomic E-state index is 0. The predicted molar refractivity (Wildman–Crippen MR) is 131 cm³/mol. The van der Waals surface area contributed by atoms with Crippen LogP contribution in [0.15, 0.2) is 29.3 Å². The van der Waals surface area contributed by atoms with E-state index in [1.807, 2.05) is 17.9 Å². The van der Waals surface area contributed by atoms with Crippen LogP contribution in [0, 0.1) is 0 Å². The predicted octanol–water partition coefficient (Wildman–Crippen LogP) is 2.93. The number of halogens is 1. The first-order chi connectivity index (χ1) is 14.2. The molecule has 0 bridgehead atoms. The molecule has 0 spiro atoms. The van der Waals surface area contributed by atoms with Crippen molar-refractivity contribution >= 4 is 35.8 Å². The molecule has 1 aromatic rings. The first-order valence-corrected chi connectivity index (χ1v) is 10.8. The van der Waals surface area contributed by atoms with Crippen molar-refractivity contribution in [1.82, 2.24) is 15.5 Å². The van der Waals surface area contributed by atoms with Gasteiger partial charge in [-0.1, -0.05) is 24.3 Å². The fourth-order valence-corrected chi connectivity index (χ4v) is 3.20. The Labute approximate surface area is 198 Å². The monoisotopic (exact) mass is 532 g/mol. The van der Waals surface area contributed by atoms with Crippen molar-refractivity contribution in [2.24, 2.45) is 4.99 Å². The highest BCUT2D eigenvalue weighted by atomic mass is 127. The number of benzene rings is 1. The molecule has 1 amide bonds. The maximum atomic E-state index is 11.7. The van der Waals surface area contributed by atoms with Gasteiger partial charge in [-0.2, -0.15) is 0 Å². The number of guanidine groups is 1. The summed E-state index contributed by atoms with van der Waals surface area (Å²) >= 11 is 0. The number of ether oxygens (including phenoxy) is 2. The average Bonchev–Trinajstić information content (AvgIpc) is 3.14. The highest BCUT2D eigenvalue weighted by Gasteiger charge is 2.18. The molecule has 1 fully saturated rings.